The van der Waals surface area contributed by atoms with Crippen LogP contribution in [0.25, 0.3) is 11.0 Å². The monoisotopic (exact) mass is 325 g/mol. The number of nitrogens with one attached hydrogen (secondary N) is 2. The van der Waals surface area contributed by atoms with Crippen molar-refractivity contribution < 1.29 is 4.79 Å². The summed E-state index contributed by atoms with van der Waals surface area (Å²) in [7, 11) is 0. The number of fused-ring (bicyclic) bond motifs is 1. The molecule has 2 aromatic carbocycles. The van der Waals surface area contributed by atoms with Crippen LogP contribution in [0, 0.1) is 0 Å². The quantitative estimate of drug-likeness (QED) is 0.557. The molecule has 0 aliphatic heterocycles. The van der Waals surface area contributed by atoms with E-state index in [4.69, 9.17) is 0 Å². The topological polar surface area (TPSA) is 79.3 Å². The summed E-state index contributed by atoms with van der Waals surface area (Å²) < 4.78 is 8.30. The average molecular weight is 325 g/mol. The highest BCUT2D eigenvalue weighted by molar-refractivity contribution is 7.00. The van der Waals surface area contributed by atoms with Crippen molar-refractivity contribution >= 4 is 40.7 Å². The zero-order chi connectivity index (χ0) is 15.9. The smallest absolute Gasteiger partial charge is 0.304 e. The van der Waals surface area contributed by atoms with Gasteiger partial charge in [-0.3, -0.25) is 0 Å². The van der Waals surface area contributed by atoms with E-state index in [0.29, 0.717) is 11.2 Å². The van der Waals surface area contributed by atoms with Gasteiger partial charge >= 0.3 is 6.03 Å². The Morgan fingerprint density at radius 3 is 2.87 bits per heavy atom. The highest BCUT2D eigenvalue weighted by Crippen LogP contribution is 2.20. The van der Waals surface area contributed by atoms with Gasteiger partial charge in [0.25, 0.3) is 0 Å². The lowest BCUT2D eigenvalue weighted by molar-refractivity contribution is 0.252. The van der Waals surface area contributed by atoms with Gasteiger partial charge in [-0.15, -0.1) is 0 Å². The predicted octanol–water partition coefficient (Wildman–Crippen LogP) is 3.43. The molecule has 0 bridgehead atoms. The number of rotatable bonds is 5. The van der Waals surface area contributed by atoms with Gasteiger partial charge in [0, 0.05) is 6.21 Å². The molecule has 0 aliphatic rings. The molecule has 0 aliphatic carbocycles. The molecule has 0 saturated heterocycles. The number of urea groups is 1. The Labute approximate surface area is 137 Å². The van der Waals surface area contributed by atoms with Crippen LogP contribution in [-0.4, -0.2) is 21.0 Å². The molecule has 1 heterocycles. The van der Waals surface area contributed by atoms with Crippen LogP contribution in [0.2, 0.25) is 0 Å². The Kier molecular flexibility index (Phi) is 4.90. The number of nitrogens with zero attached hydrogens (tertiary/aromatic N) is 3. The summed E-state index contributed by atoms with van der Waals surface area (Å²) in [6.07, 6.45) is 3.34. The third kappa shape index (κ3) is 4.10. The highest BCUT2D eigenvalue weighted by atomic mass is 32.1. The number of benzene rings is 2. The number of hydrogen-bond donors (Lipinski definition) is 2. The van der Waals surface area contributed by atoms with E-state index in [0.717, 1.165) is 30.1 Å². The Morgan fingerprint density at radius 2 is 2.00 bits per heavy atom. The SMILES string of the molecule is O=C(N/N=C/CCc1ccccc1)Nc1cccc2nsnc12. The number of aryl methyl sites for hydroxylation is 1. The Balaban J connectivity index is 1.48. The average Bonchev–Trinajstić information content (AvgIpc) is 3.05. The van der Waals surface area contributed by atoms with Crippen molar-refractivity contribution in [2.75, 3.05) is 5.32 Å². The fourth-order valence-electron chi connectivity index (χ4n) is 2.10. The standard InChI is InChI=1S/C16H15N5OS/c22-16(18-13-9-4-10-14-15(13)21-23-20-14)19-17-11-5-8-12-6-2-1-3-7-12/h1-4,6-7,9-11H,5,8H2,(H2,18,19,22)/b17-11+. The third-order valence-electron chi connectivity index (χ3n) is 3.20. The van der Waals surface area contributed by atoms with Gasteiger partial charge in [0.2, 0.25) is 0 Å². The maximum Gasteiger partial charge on any atom is 0.339 e. The van der Waals surface area contributed by atoms with Crippen LogP contribution in [0.3, 0.4) is 0 Å². The fourth-order valence-corrected chi connectivity index (χ4v) is 2.65. The molecule has 2 N–H and O–H groups in total. The second-order valence-corrected chi connectivity index (χ2v) is 5.37. The normalized spacial score (nSPS) is 11.0. The second-order valence-electron chi connectivity index (χ2n) is 4.84. The summed E-state index contributed by atoms with van der Waals surface area (Å²) in [5.74, 6) is 0. The van der Waals surface area contributed by atoms with Crippen molar-refractivity contribution in [1.29, 1.82) is 0 Å². The van der Waals surface area contributed by atoms with E-state index >= 15 is 0 Å². The molecule has 0 unspecified atom stereocenters. The molecule has 1 aromatic heterocycles. The first-order chi connectivity index (χ1) is 11.3. The molecule has 0 spiro atoms. The van der Waals surface area contributed by atoms with E-state index < -0.39 is 6.03 Å². The van der Waals surface area contributed by atoms with Gasteiger partial charge in [-0.1, -0.05) is 36.4 Å². The molecule has 7 heteroatoms. The zero-order valence-corrected chi connectivity index (χ0v) is 13.1. The van der Waals surface area contributed by atoms with Crippen LogP contribution in [0.15, 0.2) is 53.6 Å². The van der Waals surface area contributed by atoms with Crippen LogP contribution in [0.4, 0.5) is 10.5 Å². The van der Waals surface area contributed by atoms with E-state index in [1.807, 2.05) is 30.3 Å². The summed E-state index contributed by atoms with van der Waals surface area (Å²) in [5.41, 5.74) is 5.75. The number of amides is 2. The Bertz CT molecular complexity index is 815. The van der Waals surface area contributed by atoms with Crippen LogP contribution in [-0.2, 0) is 6.42 Å². The molecule has 3 aromatic rings. The van der Waals surface area contributed by atoms with Crippen LogP contribution >= 0.6 is 11.7 Å². The van der Waals surface area contributed by atoms with Crippen molar-refractivity contribution in [2.45, 2.75) is 12.8 Å². The first-order valence-electron chi connectivity index (χ1n) is 7.16. The maximum absolute atomic E-state index is 11.8. The summed E-state index contributed by atoms with van der Waals surface area (Å²) in [6, 6.07) is 15.2. The van der Waals surface area contributed by atoms with Crippen molar-refractivity contribution in [1.82, 2.24) is 14.2 Å². The van der Waals surface area contributed by atoms with Gasteiger partial charge in [-0.2, -0.15) is 13.8 Å². The molecular weight excluding hydrogens is 310 g/mol. The lowest BCUT2D eigenvalue weighted by Gasteiger charge is -2.04. The molecule has 6 nitrogen and oxygen atoms in total. The summed E-state index contributed by atoms with van der Waals surface area (Å²) in [4.78, 5) is 11.8. The summed E-state index contributed by atoms with van der Waals surface area (Å²) in [6.45, 7) is 0. The number of hydrogen-bond acceptors (Lipinski definition) is 5. The van der Waals surface area contributed by atoms with E-state index in [1.165, 1.54) is 5.56 Å². The van der Waals surface area contributed by atoms with E-state index in [-0.39, 0.29) is 0 Å². The molecule has 0 fully saturated rings. The lowest BCUT2D eigenvalue weighted by atomic mass is 10.1. The number of carbonyl (C=O) groups is 1. The first-order valence-corrected chi connectivity index (χ1v) is 7.90. The minimum atomic E-state index is -0.401. The van der Waals surface area contributed by atoms with Crippen LogP contribution in [0.5, 0.6) is 0 Å². The highest BCUT2D eigenvalue weighted by Gasteiger charge is 2.07. The molecule has 3 rings (SSSR count). The molecular formula is C16H15N5OS. The van der Waals surface area contributed by atoms with Gasteiger partial charge in [0.15, 0.2) is 0 Å². The van der Waals surface area contributed by atoms with Crippen molar-refractivity contribution in [3.8, 4) is 0 Å². The zero-order valence-electron chi connectivity index (χ0n) is 12.3. The largest absolute Gasteiger partial charge is 0.339 e. The van der Waals surface area contributed by atoms with Gasteiger partial charge in [-0.25, -0.2) is 10.2 Å². The van der Waals surface area contributed by atoms with Crippen molar-refractivity contribution in [3.05, 3.63) is 54.1 Å². The first kappa shape index (κ1) is 15.1. The maximum atomic E-state index is 11.8. The minimum absolute atomic E-state index is 0.401. The van der Waals surface area contributed by atoms with E-state index in [1.54, 1.807) is 12.3 Å². The second kappa shape index (κ2) is 7.46. The van der Waals surface area contributed by atoms with Gasteiger partial charge in [-0.05, 0) is 30.5 Å². The van der Waals surface area contributed by atoms with Crippen LogP contribution in [0.1, 0.15) is 12.0 Å². The number of hydrazone groups is 1. The molecule has 0 radical (unpaired) electrons. The summed E-state index contributed by atoms with van der Waals surface area (Å²) >= 11 is 1.12. The Morgan fingerprint density at radius 1 is 1.13 bits per heavy atom. The molecule has 116 valence electrons. The summed E-state index contributed by atoms with van der Waals surface area (Å²) in [5, 5.41) is 6.65. The molecule has 2 amide bonds. The predicted molar refractivity (Wildman–Crippen MR) is 92.8 cm³/mol. The van der Waals surface area contributed by atoms with Crippen LogP contribution < -0.4 is 10.7 Å². The lowest BCUT2D eigenvalue weighted by Crippen LogP contribution is -2.24. The fraction of sp³-hybridized carbons (Fsp3) is 0.125. The minimum Gasteiger partial charge on any atom is -0.304 e. The van der Waals surface area contributed by atoms with Gasteiger partial charge < -0.3 is 5.32 Å². The molecule has 0 atom stereocenters. The van der Waals surface area contributed by atoms with E-state index in [2.05, 4.69) is 36.7 Å². The molecule has 0 saturated carbocycles. The third-order valence-corrected chi connectivity index (χ3v) is 3.74. The number of carbonyl (C=O) groups excluding carboxylic acids is 1. The van der Waals surface area contributed by atoms with E-state index in [9.17, 15) is 4.79 Å². The number of aromatic nitrogens is 2. The van der Waals surface area contributed by atoms with Crippen molar-refractivity contribution in [3.63, 3.8) is 0 Å². The molecule has 23 heavy (non-hydrogen) atoms. The number of anilines is 1. The van der Waals surface area contributed by atoms with Crippen molar-refractivity contribution in [2.24, 2.45) is 5.10 Å². The van der Waals surface area contributed by atoms with Gasteiger partial charge in [0.1, 0.15) is 11.0 Å². The Hall–Kier alpha value is -2.80. The van der Waals surface area contributed by atoms with Gasteiger partial charge in [0.05, 0.1) is 17.4 Å².